The number of carboxylic acids is 3. The predicted molar refractivity (Wildman–Crippen MR) is 56.9 cm³/mol. The van der Waals surface area contributed by atoms with Crippen molar-refractivity contribution in [3.05, 3.63) is 47.0 Å². The van der Waals surface area contributed by atoms with Crippen molar-refractivity contribution in [1.82, 2.24) is 0 Å². The second-order valence-electron chi connectivity index (χ2n) is 3.79. The van der Waals surface area contributed by atoms with Crippen molar-refractivity contribution in [2.24, 2.45) is 0 Å². The maximum absolute atomic E-state index is 11.0. The Bertz CT molecular complexity index is 729. The van der Waals surface area contributed by atoms with Gasteiger partial charge in [-0.15, -0.1) is 0 Å². The first-order valence-electron chi connectivity index (χ1n) is 5.12. The van der Waals surface area contributed by atoms with Gasteiger partial charge in [-0.2, -0.15) is 0 Å². The van der Waals surface area contributed by atoms with Crippen LogP contribution in [-0.2, 0) is 0 Å². The van der Waals surface area contributed by atoms with Crippen LogP contribution in [0.3, 0.4) is 0 Å². The standard InChI is InChI=1S/C13H8O6.3Na/c14-11(15)6-4-9-7(10(5-6)13(18)19)2-1-3-8(9)12(16)17;;;/h1-5H,(H,14,15)(H,16,17)(H,18,19);;;/q;3*+1/p-3. The second kappa shape index (κ2) is 10.1. The molecule has 0 aliphatic rings. The molecule has 2 rings (SSSR count). The van der Waals surface area contributed by atoms with E-state index in [1.54, 1.807) is 0 Å². The molecule has 9 heteroatoms. The molecule has 0 aliphatic carbocycles. The molecule has 22 heavy (non-hydrogen) atoms. The van der Waals surface area contributed by atoms with Gasteiger partial charge >= 0.3 is 88.7 Å². The molecule has 0 radical (unpaired) electrons. The maximum atomic E-state index is 11.0. The predicted octanol–water partition coefficient (Wildman–Crippen LogP) is -11.1. The Morgan fingerprint density at radius 2 is 1.23 bits per heavy atom. The van der Waals surface area contributed by atoms with Gasteiger partial charge in [0.2, 0.25) is 0 Å². The number of aromatic carboxylic acids is 3. The van der Waals surface area contributed by atoms with Crippen molar-refractivity contribution in [2.75, 3.05) is 0 Å². The Hall–Kier alpha value is 0.110. The van der Waals surface area contributed by atoms with Gasteiger partial charge in [-0.25, -0.2) is 0 Å². The first-order valence-corrected chi connectivity index (χ1v) is 5.12. The average Bonchev–Trinajstić information content (AvgIpc) is 2.36. The third kappa shape index (κ3) is 5.06. The molecule has 0 unspecified atom stereocenters. The van der Waals surface area contributed by atoms with Crippen LogP contribution >= 0.6 is 0 Å². The third-order valence-corrected chi connectivity index (χ3v) is 2.67. The van der Waals surface area contributed by atoms with E-state index in [4.69, 9.17) is 0 Å². The monoisotopic (exact) mass is 326 g/mol. The summed E-state index contributed by atoms with van der Waals surface area (Å²) in [5.74, 6) is -4.76. The molecule has 0 amide bonds. The summed E-state index contributed by atoms with van der Waals surface area (Å²) >= 11 is 0. The van der Waals surface area contributed by atoms with Crippen LogP contribution in [0.25, 0.3) is 10.8 Å². The molecular weight excluding hydrogens is 321 g/mol. The molecule has 2 aromatic rings. The zero-order valence-electron chi connectivity index (χ0n) is 12.3. The van der Waals surface area contributed by atoms with Crippen molar-refractivity contribution in [2.45, 2.75) is 0 Å². The molecule has 6 nitrogen and oxygen atoms in total. The summed E-state index contributed by atoms with van der Waals surface area (Å²) in [5, 5.41) is 32.7. The summed E-state index contributed by atoms with van der Waals surface area (Å²) in [6.07, 6.45) is 0. The summed E-state index contributed by atoms with van der Waals surface area (Å²) in [6.45, 7) is 0. The minimum atomic E-state index is -1.61. The van der Waals surface area contributed by atoms with Gasteiger partial charge in [-0.1, -0.05) is 18.2 Å². The number of carbonyl (C=O) groups excluding carboxylic acids is 3. The minimum Gasteiger partial charge on any atom is -0.545 e. The summed E-state index contributed by atoms with van der Waals surface area (Å²) < 4.78 is 0. The Labute approximate surface area is 191 Å². The van der Waals surface area contributed by atoms with E-state index < -0.39 is 29.0 Å². The number of benzene rings is 2. The number of carbonyl (C=O) groups is 3. The zero-order valence-corrected chi connectivity index (χ0v) is 18.3. The first-order chi connectivity index (χ1) is 8.91. The van der Waals surface area contributed by atoms with Crippen molar-refractivity contribution in [3.63, 3.8) is 0 Å². The van der Waals surface area contributed by atoms with Crippen LogP contribution in [0.1, 0.15) is 31.1 Å². The normalized spacial score (nSPS) is 8.91. The topological polar surface area (TPSA) is 120 Å². The average molecular weight is 326 g/mol. The fourth-order valence-electron chi connectivity index (χ4n) is 1.85. The van der Waals surface area contributed by atoms with Gasteiger partial charge in [-0.05, 0) is 28.5 Å². The summed E-state index contributed by atoms with van der Waals surface area (Å²) in [5.41, 5.74) is -1.16. The minimum absolute atomic E-state index is 0. The van der Waals surface area contributed by atoms with Crippen molar-refractivity contribution in [3.8, 4) is 0 Å². The SMILES string of the molecule is O=C([O-])c1cc(C(=O)[O-])c2cccc(C(=O)[O-])c2c1.[Na+].[Na+].[Na+]. The van der Waals surface area contributed by atoms with E-state index in [0.717, 1.165) is 12.1 Å². The van der Waals surface area contributed by atoms with Gasteiger partial charge in [0, 0.05) is 11.1 Å². The Balaban J connectivity index is 0. The van der Waals surface area contributed by atoms with E-state index in [1.807, 2.05) is 0 Å². The Morgan fingerprint density at radius 1 is 0.682 bits per heavy atom. The van der Waals surface area contributed by atoms with Gasteiger partial charge in [0.15, 0.2) is 0 Å². The van der Waals surface area contributed by atoms with Gasteiger partial charge in [0.05, 0.1) is 17.9 Å². The molecule has 0 atom stereocenters. The number of hydrogen-bond donors (Lipinski definition) is 0. The van der Waals surface area contributed by atoms with E-state index in [0.29, 0.717) is 0 Å². The molecule has 0 spiro atoms. The molecule has 0 N–H and O–H groups in total. The van der Waals surface area contributed by atoms with E-state index in [2.05, 4.69) is 0 Å². The smallest absolute Gasteiger partial charge is 0.545 e. The quantitative estimate of drug-likeness (QED) is 0.517. The molecular formula is C13H5Na3O6. The zero-order chi connectivity index (χ0) is 14.2. The van der Waals surface area contributed by atoms with Crippen molar-refractivity contribution < 1.29 is 118 Å². The molecule has 0 bridgehead atoms. The van der Waals surface area contributed by atoms with Crippen LogP contribution < -0.4 is 104 Å². The molecule has 0 aromatic heterocycles. The van der Waals surface area contributed by atoms with E-state index in [1.165, 1.54) is 18.2 Å². The number of rotatable bonds is 3. The van der Waals surface area contributed by atoms with Gasteiger partial charge in [0.1, 0.15) is 0 Å². The molecule has 0 saturated carbocycles. The second-order valence-corrected chi connectivity index (χ2v) is 3.79. The molecule has 0 fully saturated rings. The molecule has 2 aromatic carbocycles. The Morgan fingerprint density at radius 3 is 1.68 bits per heavy atom. The largest absolute Gasteiger partial charge is 1.00 e. The fourth-order valence-corrected chi connectivity index (χ4v) is 1.85. The van der Waals surface area contributed by atoms with Gasteiger partial charge < -0.3 is 29.7 Å². The van der Waals surface area contributed by atoms with Crippen LogP contribution in [0.5, 0.6) is 0 Å². The Kier molecular flexibility index (Phi) is 11.2. The number of hydrogen-bond acceptors (Lipinski definition) is 6. The van der Waals surface area contributed by atoms with Crippen LogP contribution in [0.4, 0.5) is 0 Å². The number of carboxylic acid groups (broad SMARTS) is 3. The van der Waals surface area contributed by atoms with E-state index in [-0.39, 0.29) is 105 Å². The summed E-state index contributed by atoms with van der Waals surface area (Å²) in [7, 11) is 0. The molecule has 96 valence electrons. The molecule has 0 aliphatic heterocycles. The van der Waals surface area contributed by atoms with Crippen LogP contribution in [-0.4, -0.2) is 17.9 Å². The van der Waals surface area contributed by atoms with Crippen LogP contribution in [0.2, 0.25) is 0 Å². The van der Waals surface area contributed by atoms with Crippen molar-refractivity contribution in [1.29, 1.82) is 0 Å². The van der Waals surface area contributed by atoms with Gasteiger partial charge in [0.25, 0.3) is 0 Å². The van der Waals surface area contributed by atoms with Crippen LogP contribution in [0.15, 0.2) is 30.3 Å². The van der Waals surface area contributed by atoms with Gasteiger partial charge in [-0.3, -0.25) is 0 Å². The van der Waals surface area contributed by atoms with E-state index >= 15 is 0 Å². The number of fused-ring (bicyclic) bond motifs is 1. The maximum Gasteiger partial charge on any atom is 1.00 e. The summed E-state index contributed by atoms with van der Waals surface area (Å²) in [6, 6.07) is 5.77. The molecule has 0 heterocycles. The molecule has 0 saturated heterocycles. The fraction of sp³-hybridized carbons (Fsp3) is 0. The third-order valence-electron chi connectivity index (χ3n) is 2.67. The van der Waals surface area contributed by atoms with Crippen molar-refractivity contribution >= 4 is 28.7 Å². The summed E-state index contributed by atoms with van der Waals surface area (Å²) in [4.78, 5) is 32.7. The first kappa shape index (κ1) is 24.4. The van der Waals surface area contributed by atoms with Crippen LogP contribution in [0, 0.1) is 0 Å². The van der Waals surface area contributed by atoms with E-state index in [9.17, 15) is 29.7 Å².